The van der Waals surface area contributed by atoms with Gasteiger partial charge in [0.1, 0.15) is 11.5 Å². The Hall–Kier alpha value is -1.96. The molecule has 0 spiro atoms. The summed E-state index contributed by atoms with van der Waals surface area (Å²) in [6, 6.07) is 14.2. The monoisotopic (exact) mass is 481 g/mol. The zero-order chi connectivity index (χ0) is 18.4. The highest BCUT2D eigenvalue weighted by molar-refractivity contribution is 14.0. The summed E-state index contributed by atoms with van der Waals surface area (Å²) in [5, 5.41) is 3.29. The van der Waals surface area contributed by atoms with Crippen molar-refractivity contribution in [3.8, 4) is 11.5 Å². The van der Waals surface area contributed by atoms with Gasteiger partial charge in [-0.25, -0.2) is 4.99 Å². The number of hydrogen-bond donors (Lipinski definition) is 2. The van der Waals surface area contributed by atoms with E-state index in [4.69, 9.17) is 15.2 Å². The van der Waals surface area contributed by atoms with Crippen LogP contribution in [0.15, 0.2) is 47.5 Å². The predicted octanol–water partition coefficient (Wildman–Crippen LogP) is 3.85. The lowest BCUT2D eigenvalue weighted by atomic mass is 9.82. The number of aliphatic imine (C=N–C) groups is 1. The van der Waals surface area contributed by atoms with Crippen LogP contribution in [0.2, 0.25) is 0 Å². The van der Waals surface area contributed by atoms with Gasteiger partial charge in [0, 0.05) is 18.0 Å². The first-order chi connectivity index (χ1) is 12.7. The molecule has 0 saturated heterocycles. The van der Waals surface area contributed by atoms with Crippen LogP contribution in [-0.2, 0) is 13.0 Å². The lowest BCUT2D eigenvalue weighted by Gasteiger charge is -2.26. The molecule has 0 aliphatic heterocycles. The van der Waals surface area contributed by atoms with Gasteiger partial charge in [0.25, 0.3) is 0 Å². The minimum absolute atomic E-state index is 0. The summed E-state index contributed by atoms with van der Waals surface area (Å²) in [5.41, 5.74) is 9.87. The standard InChI is InChI=1S/C21H27N3O2.HI/c1-25-18-10-11-19-15(12-18)7-5-8-16(19)13-23-21(22)24-14-17-6-3-4-9-20(17)26-2;/h3-4,6,9-12,16H,5,7-8,13-14H2,1-2H3,(H3,22,23,24);1H. The van der Waals surface area contributed by atoms with E-state index < -0.39 is 0 Å². The van der Waals surface area contributed by atoms with E-state index in [2.05, 4.69) is 22.4 Å². The molecular formula is C21H28IN3O2. The number of benzene rings is 2. The summed E-state index contributed by atoms with van der Waals surface area (Å²) in [6.07, 6.45) is 3.46. The largest absolute Gasteiger partial charge is 0.497 e. The van der Waals surface area contributed by atoms with Gasteiger partial charge in [-0.2, -0.15) is 0 Å². The fraction of sp³-hybridized carbons (Fsp3) is 0.381. The van der Waals surface area contributed by atoms with Crippen LogP contribution >= 0.6 is 24.0 Å². The number of halogens is 1. The molecule has 6 heteroatoms. The van der Waals surface area contributed by atoms with Crippen LogP contribution in [0.25, 0.3) is 0 Å². The number of guanidine groups is 1. The van der Waals surface area contributed by atoms with Crippen LogP contribution in [0.1, 0.15) is 35.4 Å². The average molecular weight is 481 g/mol. The molecule has 0 aromatic heterocycles. The number of ether oxygens (including phenoxy) is 2. The van der Waals surface area contributed by atoms with Gasteiger partial charge in [-0.15, -0.1) is 24.0 Å². The molecule has 0 amide bonds. The molecule has 27 heavy (non-hydrogen) atoms. The molecule has 0 saturated carbocycles. The molecule has 0 heterocycles. The molecule has 2 aromatic carbocycles. The number of nitrogens with zero attached hydrogens (tertiary/aromatic N) is 1. The summed E-state index contributed by atoms with van der Waals surface area (Å²) in [4.78, 5) is 4.45. The second-order valence-electron chi connectivity index (χ2n) is 6.55. The Labute approximate surface area is 178 Å². The van der Waals surface area contributed by atoms with Gasteiger partial charge in [0.2, 0.25) is 0 Å². The Morgan fingerprint density at radius 2 is 2.00 bits per heavy atom. The maximum atomic E-state index is 6.07. The van der Waals surface area contributed by atoms with E-state index in [0.717, 1.165) is 36.4 Å². The molecule has 1 aliphatic rings. The van der Waals surface area contributed by atoms with E-state index in [1.54, 1.807) is 14.2 Å². The van der Waals surface area contributed by atoms with Gasteiger partial charge in [-0.05, 0) is 48.6 Å². The normalized spacial score (nSPS) is 16.1. The maximum absolute atomic E-state index is 6.07. The number of nitrogens with one attached hydrogen (secondary N) is 1. The van der Waals surface area contributed by atoms with Crippen LogP contribution in [0.5, 0.6) is 11.5 Å². The summed E-state index contributed by atoms with van der Waals surface area (Å²) >= 11 is 0. The molecule has 146 valence electrons. The third kappa shape index (κ3) is 5.51. The molecule has 2 aromatic rings. The van der Waals surface area contributed by atoms with E-state index >= 15 is 0 Å². The molecule has 3 N–H and O–H groups in total. The number of para-hydroxylation sites is 1. The fourth-order valence-electron chi connectivity index (χ4n) is 3.52. The zero-order valence-electron chi connectivity index (χ0n) is 15.9. The molecule has 0 radical (unpaired) electrons. The van der Waals surface area contributed by atoms with Crippen molar-refractivity contribution in [3.05, 3.63) is 59.2 Å². The Bertz CT molecular complexity index is 780. The smallest absolute Gasteiger partial charge is 0.188 e. The molecule has 3 rings (SSSR count). The van der Waals surface area contributed by atoms with Crippen molar-refractivity contribution in [2.75, 3.05) is 20.8 Å². The number of rotatable bonds is 6. The van der Waals surface area contributed by atoms with E-state index in [1.165, 1.54) is 17.5 Å². The van der Waals surface area contributed by atoms with Crippen molar-refractivity contribution in [2.24, 2.45) is 10.7 Å². The van der Waals surface area contributed by atoms with Crippen molar-refractivity contribution < 1.29 is 9.47 Å². The lowest BCUT2D eigenvalue weighted by molar-refractivity contribution is 0.410. The first-order valence-electron chi connectivity index (χ1n) is 9.03. The third-order valence-electron chi connectivity index (χ3n) is 4.93. The number of hydrogen-bond acceptors (Lipinski definition) is 3. The quantitative estimate of drug-likeness (QED) is 0.374. The van der Waals surface area contributed by atoms with Crippen LogP contribution in [0.3, 0.4) is 0 Å². The van der Waals surface area contributed by atoms with Gasteiger partial charge in [-0.3, -0.25) is 0 Å². The molecule has 0 fully saturated rings. The van der Waals surface area contributed by atoms with Gasteiger partial charge in [0.05, 0.1) is 20.8 Å². The van der Waals surface area contributed by atoms with Crippen molar-refractivity contribution >= 4 is 29.9 Å². The first-order valence-corrected chi connectivity index (χ1v) is 9.03. The second kappa shape index (κ2) is 10.4. The zero-order valence-corrected chi connectivity index (χ0v) is 18.2. The highest BCUT2D eigenvalue weighted by atomic mass is 127. The Morgan fingerprint density at radius 3 is 2.78 bits per heavy atom. The summed E-state index contributed by atoms with van der Waals surface area (Å²) < 4.78 is 10.7. The Kier molecular flexibility index (Phi) is 8.22. The van der Waals surface area contributed by atoms with Crippen LogP contribution in [0, 0.1) is 0 Å². The van der Waals surface area contributed by atoms with Gasteiger partial charge in [0.15, 0.2) is 5.96 Å². The second-order valence-corrected chi connectivity index (χ2v) is 6.55. The number of methoxy groups -OCH3 is 2. The molecular weight excluding hydrogens is 453 g/mol. The molecule has 1 unspecified atom stereocenters. The van der Waals surface area contributed by atoms with E-state index in [9.17, 15) is 0 Å². The molecule has 5 nitrogen and oxygen atoms in total. The summed E-state index contributed by atoms with van der Waals surface area (Å²) in [5.74, 6) is 2.68. The van der Waals surface area contributed by atoms with E-state index in [-0.39, 0.29) is 24.0 Å². The number of aryl methyl sites for hydroxylation is 1. The highest BCUT2D eigenvalue weighted by Crippen LogP contribution is 2.33. The van der Waals surface area contributed by atoms with Gasteiger partial charge >= 0.3 is 0 Å². The Balaban J connectivity index is 0.00000261. The first kappa shape index (κ1) is 21.3. The van der Waals surface area contributed by atoms with E-state index in [1.807, 2.05) is 30.3 Å². The fourth-order valence-corrected chi connectivity index (χ4v) is 3.52. The summed E-state index contributed by atoms with van der Waals surface area (Å²) in [6.45, 7) is 1.29. The lowest BCUT2D eigenvalue weighted by Crippen LogP contribution is -2.35. The highest BCUT2D eigenvalue weighted by Gasteiger charge is 2.20. The van der Waals surface area contributed by atoms with Crippen molar-refractivity contribution in [1.29, 1.82) is 0 Å². The minimum Gasteiger partial charge on any atom is -0.497 e. The van der Waals surface area contributed by atoms with Crippen LogP contribution in [0.4, 0.5) is 0 Å². The van der Waals surface area contributed by atoms with Crippen LogP contribution in [-0.4, -0.2) is 26.7 Å². The van der Waals surface area contributed by atoms with Crippen molar-refractivity contribution in [3.63, 3.8) is 0 Å². The molecule has 0 bridgehead atoms. The van der Waals surface area contributed by atoms with Crippen LogP contribution < -0.4 is 20.5 Å². The minimum atomic E-state index is 0. The molecule has 1 atom stereocenters. The Morgan fingerprint density at radius 1 is 1.19 bits per heavy atom. The maximum Gasteiger partial charge on any atom is 0.188 e. The molecule has 1 aliphatic carbocycles. The number of fused-ring (bicyclic) bond motifs is 1. The number of nitrogens with two attached hydrogens (primary N) is 1. The SMILES string of the molecule is COc1ccc2c(c1)CCCC2CNC(N)=NCc1ccccc1OC.I. The topological polar surface area (TPSA) is 68.9 Å². The van der Waals surface area contributed by atoms with Gasteiger partial charge < -0.3 is 20.5 Å². The van der Waals surface area contributed by atoms with Crippen molar-refractivity contribution in [1.82, 2.24) is 5.32 Å². The predicted molar refractivity (Wildman–Crippen MR) is 120 cm³/mol. The van der Waals surface area contributed by atoms with E-state index in [0.29, 0.717) is 18.4 Å². The van der Waals surface area contributed by atoms with Gasteiger partial charge in [-0.1, -0.05) is 24.3 Å². The average Bonchev–Trinajstić information content (AvgIpc) is 2.70. The third-order valence-corrected chi connectivity index (χ3v) is 4.93. The van der Waals surface area contributed by atoms with Crippen molar-refractivity contribution in [2.45, 2.75) is 31.7 Å². The summed E-state index contributed by atoms with van der Waals surface area (Å²) in [7, 11) is 3.38.